The number of sulfone groups is 1. The van der Waals surface area contributed by atoms with E-state index >= 15 is 0 Å². The molecule has 0 aromatic heterocycles. The average Bonchev–Trinajstić information content (AvgIpc) is 2.26. The summed E-state index contributed by atoms with van der Waals surface area (Å²) in [6, 6.07) is 7.39. The van der Waals surface area contributed by atoms with Gasteiger partial charge in [-0.2, -0.15) is 0 Å². The maximum absolute atomic E-state index is 11.3. The first kappa shape index (κ1) is 13.2. The Hall–Kier alpha value is -0.870. The van der Waals surface area contributed by atoms with Crippen LogP contribution in [0.5, 0.6) is 0 Å². The van der Waals surface area contributed by atoms with E-state index in [4.69, 9.17) is 0 Å². The van der Waals surface area contributed by atoms with Gasteiger partial charge >= 0.3 is 0 Å². The first-order valence-electron chi connectivity index (χ1n) is 5.32. The summed E-state index contributed by atoms with van der Waals surface area (Å²) in [6.45, 7) is 3.57. The molecule has 1 N–H and O–H groups in total. The van der Waals surface area contributed by atoms with Crippen LogP contribution >= 0.6 is 0 Å². The van der Waals surface area contributed by atoms with Crippen molar-refractivity contribution >= 4 is 9.84 Å². The van der Waals surface area contributed by atoms with E-state index in [2.05, 4.69) is 0 Å². The maximum Gasteiger partial charge on any atom is 0.152 e. The lowest BCUT2D eigenvalue weighted by Crippen LogP contribution is -2.24. The molecule has 4 heteroatoms. The van der Waals surface area contributed by atoms with Crippen LogP contribution in [0.4, 0.5) is 0 Å². The summed E-state index contributed by atoms with van der Waals surface area (Å²) in [5.74, 6) is 0. The molecule has 0 spiro atoms. The van der Waals surface area contributed by atoms with Crippen LogP contribution in [0.1, 0.15) is 31.1 Å². The number of aliphatic hydroxyl groups is 1. The molecular weight excluding hydrogens is 224 g/mol. The predicted octanol–water partition coefficient (Wildman–Crippen LogP) is 1.72. The highest BCUT2D eigenvalue weighted by Gasteiger charge is 2.25. The van der Waals surface area contributed by atoms with Crippen LogP contribution in [0.15, 0.2) is 24.3 Å². The molecule has 1 rings (SSSR count). The molecule has 0 aliphatic rings. The molecular formula is C12H18O3S. The number of aliphatic hydroxyl groups excluding tert-OH is 1. The van der Waals surface area contributed by atoms with Crippen molar-refractivity contribution < 1.29 is 13.5 Å². The Balaban J connectivity index is 2.92. The van der Waals surface area contributed by atoms with Crippen molar-refractivity contribution in [1.29, 1.82) is 0 Å². The number of rotatable bonds is 4. The molecule has 0 aliphatic heterocycles. The molecule has 0 bridgehead atoms. The van der Waals surface area contributed by atoms with E-state index in [9.17, 15) is 13.5 Å². The van der Waals surface area contributed by atoms with E-state index < -0.39 is 21.2 Å². The normalized spacial score (nSPS) is 15.8. The van der Waals surface area contributed by atoms with Gasteiger partial charge in [-0.1, -0.05) is 31.2 Å². The summed E-state index contributed by atoms with van der Waals surface area (Å²) >= 11 is 0. The number of hydrogen-bond donors (Lipinski definition) is 1. The SMILES string of the molecule is CCc1ccc(C(O)C(C)S(C)(=O)=O)cc1. The molecule has 0 saturated heterocycles. The molecule has 0 amide bonds. The second-order valence-corrected chi connectivity index (χ2v) is 6.48. The Labute approximate surface area is 97.0 Å². The van der Waals surface area contributed by atoms with Gasteiger partial charge in [-0.25, -0.2) is 8.42 Å². The Kier molecular flexibility index (Phi) is 4.10. The number of hydrogen-bond acceptors (Lipinski definition) is 3. The molecule has 0 saturated carbocycles. The van der Waals surface area contributed by atoms with Gasteiger partial charge in [-0.05, 0) is 24.5 Å². The third kappa shape index (κ3) is 3.06. The Bertz CT molecular complexity index is 434. The average molecular weight is 242 g/mol. The maximum atomic E-state index is 11.3. The minimum Gasteiger partial charge on any atom is -0.387 e. The lowest BCUT2D eigenvalue weighted by Gasteiger charge is -2.17. The monoisotopic (exact) mass is 242 g/mol. The van der Waals surface area contributed by atoms with Gasteiger partial charge in [0.05, 0.1) is 11.4 Å². The molecule has 90 valence electrons. The molecule has 16 heavy (non-hydrogen) atoms. The van der Waals surface area contributed by atoms with Gasteiger partial charge in [0.25, 0.3) is 0 Å². The van der Waals surface area contributed by atoms with Crippen molar-refractivity contribution in [2.24, 2.45) is 0 Å². The largest absolute Gasteiger partial charge is 0.387 e. The van der Waals surface area contributed by atoms with Crippen molar-refractivity contribution in [2.75, 3.05) is 6.26 Å². The summed E-state index contributed by atoms with van der Waals surface area (Å²) in [5.41, 5.74) is 1.82. The number of benzene rings is 1. The quantitative estimate of drug-likeness (QED) is 0.874. The molecule has 0 aliphatic carbocycles. The minimum atomic E-state index is -3.22. The first-order chi connectivity index (χ1) is 7.36. The van der Waals surface area contributed by atoms with Crippen LogP contribution in [0.3, 0.4) is 0 Å². The summed E-state index contributed by atoms with van der Waals surface area (Å²) in [6.07, 6.45) is 1.11. The van der Waals surface area contributed by atoms with Gasteiger partial charge < -0.3 is 5.11 Å². The lowest BCUT2D eigenvalue weighted by atomic mass is 10.0. The molecule has 1 aromatic rings. The highest BCUT2D eigenvalue weighted by atomic mass is 32.2. The second kappa shape index (κ2) is 4.97. The zero-order valence-corrected chi connectivity index (χ0v) is 10.7. The van der Waals surface area contributed by atoms with E-state index in [1.165, 1.54) is 12.5 Å². The van der Waals surface area contributed by atoms with Gasteiger partial charge in [-0.15, -0.1) is 0 Å². The molecule has 3 nitrogen and oxygen atoms in total. The molecule has 2 unspecified atom stereocenters. The fourth-order valence-corrected chi connectivity index (χ4v) is 2.08. The van der Waals surface area contributed by atoms with Crippen LogP contribution in [0.25, 0.3) is 0 Å². The van der Waals surface area contributed by atoms with E-state index in [1.807, 2.05) is 19.1 Å². The van der Waals surface area contributed by atoms with Crippen LogP contribution in [-0.4, -0.2) is 25.0 Å². The van der Waals surface area contributed by atoms with E-state index in [1.54, 1.807) is 12.1 Å². The zero-order valence-electron chi connectivity index (χ0n) is 9.84. The van der Waals surface area contributed by atoms with E-state index in [0.29, 0.717) is 5.56 Å². The van der Waals surface area contributed by atoms with E-state index in [0.717, 1.165) is 12.7 Å². The minimum absolute atomic E-state index is 0.648. The second-order valence-electron chi connectivity index (χ2n) is 4.07. The van der Waals surface area contributed by atoms with Crippen molar-refractivity contribution in [2.45, 2.75) is 31.6 Å². The highest BCUT2D eigenvalue weighted by Crippen LogP contribution is 2.21. The number of aryl methyl sites for hydroxylation is 1. The Morgan fingerprint density at radius 3 is 2.12 bits per heavy atom. The van der Waals surface area contributed by atoms with Crippen LogP contribution in [0, 0.1) is 0 Å². The summed E-state index contributed by atoms with van der Waals surface area (Å²) < 4.78 is 22.6. The Morgan fingerprint density at radius 1 is 1.25 bits per heavy atom. The highest BCUT2D eigenvalue weighted by molar-refractivity contribution is 7.91. The standard InChI is InChI=1S/C12H18O3S/c1-4-10-5-7-11(8-6-10)12(13)9(2)16(3,14)15/h5-9,12-13H,4H2,1-3H3. The lowest BCUT2D eigenvalue weighted by molar-refractivity contribution is 0.176. The summed E-state index contributed by atoms with van der Waals surface area (Å²) in [7, 11) is -3.22. The first-order valence-corrected chi connectivity index (χ1v) is 7.27. The van der Waals surface area contributed by atoms with Gasteiger partial charge in [0.2, 0.25) is 0 Å². The van der Waals surface area contributed by atoms with E-state index in [-0.39, 0.29) is 0 Å². The molecule has 0 radical (unpaired) electrons. The van der Waals surface area contributed by atoms with Gasteiger partial charge in [0.15, 0.2) is 9.84 Å². The van der Waals surface area contributed by atoms with Gasteiger partial charge in [0, 0.05) is 6.26 Å². The summed E-state index contributed by atoms with van der Waals surface area (Å²) in [4.78, 5) is 0. The summed E-state index contributed by atoms with van der Waals surface area (Å²) in [5, 5.41) is 9.13. The fraction of sp³-hybridized carbons (Fsp3) is 0.500. The predicted molar refractivity (Wildman–Crippen MR) is 65.1 cm³/mol. The van der Waals surface area contributed by atoms with Gasteiger partial charge in [-0.3, -0.25) is 0 Å². The van der Waals surface area contributed by atoms with Gasteiger partial charge in [0.1, 0.15) is 0 Å². The smallest absolute Gasteiger partial charge is 0.152 e. The zero-order chi connectivity index (χ0) is 12.3. The molecule has 2 atom stereocenters. The van der Waals surface area contributed by atoms with Crippen LogP contribution < -0.4 is 0 Å². The topological polar surface area (TPSA) is 54.4 Å². The van der Waals surface area contributed by atoms with Crippen LogP contribution in [-0.2, 0) is 16.3 Å². The molecule has 0 heterocycles. The van der Waals surface area contributed by atoms with Crippen molar-refractivity contribution in [3.8, 4) is 0 Å². The third-order valence-corrected chi connectivity index (χ3v) is 4.46. The molecule has 1 aromatic carbocycles. The molecule has 0 fully saturated rings. The fourth-order valence-electron chi connectivity index (χ4n) is 1.46. The van der Waals surface area contributed by atoms with Crippen molar-refractivity contribution in [3.63, 3.8) is 0 Å². The third-order valence-electron chi connectivity index (χ3n) is 2.85. The van der Waals surface area contributed by atoms with Crippen molar-refractivity contribution in [3.05, 3.63) is 35.4 Å². The van der Waals surface area contributed by atoms with Crippen LogP contribution in [0.2, 0.25) is 0 Å². The van der Waals surface area contributed by atoms with Crippen molar-refractivity contribution in [1.82, 2.24) is 0 Å². The Morgan fingerprint density at radius 2 is 1.75 bits per heavy atom.